The third-order valence-corrected chi connectivity index (χ3v) is 4.18. The van der Waals surface area contributed by atoms with E-state index in [-0.39, 0.29) is 6.04 Å². The number of aryl methyl sites for hydroxylation is 1. The molecular weight excluding hydrogens is 286 g/mol. The van der Waals surface area contributed by atoms with Gasteiger partial charge in [-0.1, -0.05) is 6.07 Å². The molecule has 2 aromatic heterocycles. The van der Waals surface area contributed by atoms with E-state index in [9.17, 15) is 9.59 Å². The number of pyridine rings is 1. The van der Waals surface area contributed by atoms with E-state index >= 15 is 0 Å². The van der Waals surface area contributed by atoms with Crippen molar-refractivity contribution in [2.45, 2.75) is 19.9 Å². The number of hydrogen-bond acceptors (Lipinski definition) is 4. The van der Waals surface area contributed by atoms with Crippen LogP contribution in [0.25, 0.3) is 0 Å². The quantitative estimate of drug-likeness (QED) is 0.887. The highest BCUT2D eigenvalue weighted by atomic mass is 32.1. The van der Waals surface area contributed by atoms with Gasteiger partial charge in [0.25, 0.3) is 0 Å². The average Bonchev–Trinajstić information content (AvgIpc) is 2.91. The van der Waals surface area contributed by atoms with Crippen molar-refractivity contribution >= 4 is 28.8 Å². The Hall–Kier alpha value is -2.21. The number of nitrogens with zero attached hydrogens (tertiary/aromatic N) is 2. The van der Waals surface area contributed by atoms with Crippen molar-refractivity contribution in [3.63, 3.8) is 0 Å². The van der Waals surface area contributed by atoms with Crippen LogP contribution in [-0.4, -0.2) is 28.7 Å². The second-order valence-corrected chi connectivity index (χ2v) is 5.51. The van der Waals surface area contributed by atoms with Crippen molar-refractivity contribution in [3.8, 4) is 0 Å². The van der Waals surface area contributed by atoms with Crippen molar-refractivity contribution in [3.05, 3.63) is 46.4 Å². The maximum Gasteiger partial charge on any atom is 0.313 e. The van der Waals surface area contributed by atoms with Gasteiger partial charge >= 0.3 is 11.8 Å². The van der Waals surface area contributed by atoms with E-state index in [0.29, 0.717) is 5.69 Å². The van der Waals surface area contributed by atoms with Crippen LogP contribution in [0.2, 0.25) is 0 Å². The number of carbonyl (C=O) groups excluding carboxylic acids is 2. The van der Waals surface area contributed by atoms with Crippen molar-refractivity contribution in [2.24, 2.45) is 0 Å². The number of aromatic nitrogens is 1. The van der Waals surface area contributed by atoms with E-state index in [1.807, 2.05) is 42.8 Å². The van der Waals surface area contributed by atoms with Gasteiger partial charge in [-0.2, -0.15) is 0 Å². The van der Waals surface area contributed by atoms with E-state index in [2.05, 4.69) is 10.3 Å². The highest BCUT2D eigenvalue weighted by Gasteiger charge is 2.24. The fourth-order valence-electron chi connectivity index (χ4n) is 1.82. The Morgan fingerprint density at radius 2 is 2.10 bits per heavy atom. The molecule has 2 aromatic rings. The van der Waals surface area contributed by atoms with Gasteiger partial charge < -0.3 is 10.2 Å². The summed E-state index contributed by atoms with van der Waals surface area (Å²) in [6.45, 7) is 3.72. The molecule has 0 radical (unpaired) electrons. The van der Waals surface area contributed by atoms with Gasteiger partial charge in [0.05, 0.1) is 17.4 Å². The SMILES string of the molecule is Cc1cscc1NC(=O)C(=O)N(C)[C@H](C)c1ccccn1. The Labute approximate surface area is 127 Å². The lowest BCUT2D eigenvalue weighted by Crippen LogP contribution is -2.38. The first-order chi connectivity index (χ1) is 10.0. The zero-order chi connectivity index (χ0) is 15.4. The third kappa shape index (κ3) is 3.46. The molecule has 2 amide bonds. The molecule has 1 N–H and O–H groups in total. The van der Waals surface area contributed by atoms with E-state index in [1.165, 1.54) is 16.2 Å². The fraction of sp³-hybridized carbons (Fsp3) is 0.267. The van der Waals surface area contributed by atoms with Crippen molar-refractivity contribution < 1.29 is 9.59 Å². The largest absolute Gasteiger partial charge is 0.329 e. The minimum absolute atomic E-state index is 0.270. The van der Waals surface area contributed by atoms with Crippen LogP contribution >= 0.6 is 11.3 Å². The lowest BCUT2D eigenvalue weighted by molar-refractivity contribution is -0.143. The molecule has 0 aromatic carbocycles. The molecule has 2 heterocycles. The number of carbonyl (C=O) groups is 2. The number of nitrogens with one attached hydrogen (secondary N) is 1. The van der Waals surface area contributed by atoms with Gasteiger partial charge in [-0.25, -0.2) is 0 Å². The summed E-state index contributed by atoms with van der Waals surface area (Å²) in [5, 5.41) is 6.36. The van der Waals surface area contributed by atoms with Crippen LogP contribution in [0.5, 0.6) is 0 Å². The minimum atomic E-state index is -0.637. The van der Waals surface area contributed by atoms with Gasteiger partial charge in [0.15, 0.2) is 0 Å². The monoisotopic (exact) mass is 303 g/mol. The maximum absolute atomic E-state index is 12.2. The molecule has 0 aliphatic heterocycles. The van der Waals surface area contributed by atoms with Crippen LogP contribution in [0.3, 0.4) is 0 Å². The number of hydrogen-bond donors (Lipinski definition) is 1. The molecule has 1 atom stereocenters. The molecule has 0 bridgehead atoms. The molecular formula is C15H17N3O2S. The first-order valence-electron chi connectivity index (χ1n) is 6.52. The molecule has 0 saturated heterocycles. The fourth-order valence-corrected chi connectivity index (χ4v) is 2.60. The van der Waals surface area contributed by atoms with E-state index in [4.69, 9.17) is 0 Å². The highest BCUT2D eigenvalue weighted by molar-refractivity contribution is 7.08. The number of anilines is 1. The van der Waals surface area contributed by atoms with Gasteiger partial charge in [0.1, 0.15) is 0 Å². The summed E-state index contributed by atoms with van der Waals surface area (Å²) in [7, 11) is 1.60. The molecule has 2 rings (SSSR count). The van der Waals surface area contributed by atoms with Crippen LogP contribution in [0.1, 0.15) is 24.2 Å². The lowest BCUT2D eigenvalue weighted by Gasteiger charge is -2.23. The Balaban J connectivity index is 2.05. The predicted molar refractivity (Wildman–Crippen MR) is 83.1 cm³/mol. The van der Waals surface area contributed by atoms with E-state index < -0.39 is 11.8 Å². The number of thiophene rings is 1. The van der Waals surface area contributed by atoms with Crippen LogP contribution in [-0.2, 0) is 9.59 Å². The Morgan fingerprint density at radius 3 is 2.67 bits per heavy atom. The van der Waals surface area contributed by atoms with Gasteiger partial charge in [-0.05, 0) is 36.9 Å². The van der Waals surface area contributed by atoms with Gasteiger partial charge in [-0.15, -0.1) is 11.3 Å². The molecule has 110 valence electrons. The Morgan fingerprint density at radius 1 is 1.33 bits per heavy atom. The second-order valence-electron chi connectivity index (χ2n) is 4.77. The number of rotatable bonds is 3. The van der Waals surface area contributed by atoms with E-state index in [1.54, 1.807) is 13.2 Å². The van der Waals surface area contributed by atoms with Gasteiger partial charge in [0.2, 0.25) is 0 Å². The van der Waals surface area contributed by atoms with Crippen LogP contribution < -0.4 is 5.32 Å². The summed E-state index contributed by atoms with van der Waals surface area (Å²) in [4.78, 5) is 29.8. The zero-order valence-electron chi connectivity index (χ0n) is 12.2. The maximum atomic E-state index is 12.2. The first-order valence-corrected chi connectivity index (χ1v) is 7.47. The summed E-state index contributed by atoms with van der Waals surface area (Å²) < 4.78 is 0. The normalized spacial score (nSPS) is 11.8. The molecule has 0 saturated carbocycles. The Kier molecular flexibility index (Phi) is 4.70. The zero-order valence-corrected chi connectivity index (χ0v) is 13.0. The average molecular weight is 303 g/mol. The first kappa shape index (κ1) is 15.2. The number of likely N-dealkylation sites (N-methyl/N-ethyl adjacent to an activating group) is 1. The second kappa shape index (κ2) is 6.49. The number of amides is 2. The summed E-state index contributed by atoms with van der Waals surface area (Å²) in [5.74, 6) is -1.22. The standard InChI is InChI=1S/C15H17N3O2S/c1-10-8-21-9-13(10)17-14(19)15(20)18(3)11(2)12-6-4-5-7-16-12/h4-9,11H,1-3H3,(H,17,19)/t11-/m1/s1. The minimum Gasteiger partial charge on any atom is -0.329 e. The lowest BCUT2D eigenvalue weighted by atomic mass is 10.2. The molecule has 0 spiro atoms. The summed E-state index contributed by atoms with van der Waals surface area (Å²) in [6.07, 6.45) is 1.67. The van der Waals surface area contributed by atoms with Crippen molar-refractivity contribution in [2.75, 3.05) is 12.4 Å². The molecule has 0 fully saturated rings. The smallest absolute Gasteiger partial charge is 0.313 e. The molecule has 21 heavy (non-hydrogen) atoms. The third-order valence-electron chi connectivity index (χ3n) is 3.32. The summed E-state index contributed by atoms with van der Waals surface area (Å²) >= 11 is 1.48. The van der Waals surface area contributed by atoms with Crippen LogP contribution in [0.15, 0.2) is 35.2 Å². The van der Waals surface area contributed by atoms with Crippen molar-refractivity contribution in [1.82, 2.24) is 9.88 Å². The predicted octanol–water partition coefficient (Wildman–Crippen LogP) is 2.61. The van der Waals surface area contributed by atoms with Crippen LogP contribution in [0, 0.1) is 6.92 Å². The van der Waals surface area contributed by atoms with Gasteiger partial charge in [0, 0.05) is 18.6 Å². The Bertz CT molecular complexity index is 639. The van der Waals surface area contributed by atoms with Crippen molar-refractivity contribution in [1.29, 1.82) is 0 Å². The summed E-state index contributed by atoms with van der Waals surface area (Å²) in [6, 6.07) is 5.22. The molecule has 0 unspecified atom stereocenters. The highest BCUT2D eigenvalue weighted by Crippen LogP contribution is 2.20. The van der Waals surface area contributed by atoms with Gasteiger partial charge in [-0.3, -0.25) is 14.6 Å². The summed E-state index contributed by atoms with van der Waals surface area (Å²) in [5.41, 5.74) is 2.37. The molecule has 5 nitrogen and oxygen atoms in total. The topological polar surface area (TPSA) is 62.3 Å². The van der Waals surface area contributed by atoms with E-state index in [0.717, 1.165) is 11.3 Å². The molecule has 0 aliphatic rings. The molecule has 6 heteroatoms. The molecule has 0 aliphatic carbocycles. The van der Waals surface area contributed by atoms with Crippen LogP contribution in [0.4, 0.5) is 5.69 Å².